The maximum absolute atomic E-state index is 12.6. The fourth-order valence-electron chi connectivity index (χ4n) is 6.06. The molecule has 6 heteroatoms. The quantitative estimate of drug-likeness (QED) is 0.365. The predicted molar refractivity (Wildman–Crippen MR) is 127 cm³/mol. The van der Waals surface area contributed by atoms with Gasteiger partial charge in [-0.3, -0.25) is 10.1 Å². The predicted octanol–water partition coefficient (Wildman–Crippen LogP) is 7.27. The molecule has 2 aromatic carbocycles. The molecule has 0 aliphatic heterocycles. The molecule has 0 aromatic heterocycles. The molecule has 1 N–H and O–H groups in total. The van der Waals surface area contributed by atoms with Crippen molar-refractivity contribution in [1.29, 1.82) is 0 Å². The molecule has 0 heterocycles. The van der Waals surface area contributed by atoms with Gasteiger partial charge in [-0.2, -0.15) is 0 Å². The first kappa shape index (κ1) is 23.1. The minimum Gasteiger partial charge on any atom is -0.496 e. The number of methoxy groups -OCH3 is 1. The average molecular weight is 458 g/mol. The lowest BCUT2D eigenvalue weighted by molar-refractivity contribution is -0.384. The van der Waals surface area contributed by atoms with Gasteiger partial charge < -0.3 is 9.84 Å². The van der Waals surface area contributed by atoms with Crippen LogP contribution in [0.4, 0.5) is 5.69 Å². The fourth-order valence-corrected chi connectivity index (χ4v) is 6.33. The number of halogens is 1. The van der Waals surface area contributed by atoms with Gasteiger partial charge in [-0.1, -0.05) is 68.3 Å². The van der Waals surface area contributed by atoms with Crippen LogP contribution in [0.15, 0.2) is 36.4 Å². The monoisotopic (exact) mass is 457 g/mol. The molecule has 2 fully saturated rings. The molecule has 0 unspecified atom stereocenters. The first-order valence-electron chi connectivity index (χ1n) is 11.8. The number of rotatable bonds is 6. The number of nitrogens with zero attached hydrogens (tertiary/aromatic N) is 1. The van der Waals surface area contributed by atoms with Gasteiger partial charge in [0.2, 0.25) is 0 Å². The van der Waals surface area contributed by atoms with E-state index >= 15 is 0 Å². The SMILES string of the molecule is COc1cccc(C(O)(C2CCCCC2)C2CCCCC2)c1-c1c(Cl)cccc1[N+](=O)[O-]. The van der Waals surface area contributed by atoms with Crippen LogP contribution in [0.3, 0.4) is 0 Å². The molecule has 0 bridgehead atoms. The standard InChI is InChI=1S/C26H32ClNO4/c1-32-23-17-8-14-20(24(23)25-21(27)15-9-16-22(25)28(30)31)26(29,18-10-4-2-5-11-18)19-12-6-3-7-13-19/h8-9,14-19,29H,2-7,10-13H2,1H3. The summed E-state index contributed by atoms with van der Waals surface area (Å²) in [6.45, 7) is 0. The molecular weight excluding hydrogens is 426 g/mol. The van der Waals surface area contributed by atoms with Crippen LogP contribution < -0.4 is 4.74 Å². The number of aliphatic hydroxyl groups is 1. The normalized spacial score (nSPS) is 18.5. The second-order valence-electron chi connectivity index (χ2n) is 9.27. The number of nitro benzene ring substituents is 1. The Morgan fingerprint density at radius 1 is 0.938 bits per heavy atom. The number of hydrogen-bond acceptors (Lipinski definition) is 4. The van der Waals surface area contributed by atoms with E-state index in [4.69, 9.17) is 16.3 Å². The number of nitro groups is 1. The Kier molecular flexibility index (Phi) is 7.06. The summed E-state index contributed by atoms with van der Waals surface area (Å²) in [5.74, 6) is 0.738. The highest BCUT2D eigenvalue weighted by atomic mass is 35.5. The van der Waals surface area contributed by atoms with Crippen molar-refractivity contribution in [2.45, 2.75) is 69.8 Å². The maximum atomic E-state index is 12.6. The van der Waals surface area contributed by atoms with Crippen LogP contribution >= 0.6 is 11.6 Å². The first-order chi connectivity index (χ1) is 15.5. The molecule has 32 heavy (non-hydrogen) atoms. The van der Waals surface area contributed by atoms with Crippen molar-refractivity contribution in [1.82, 2.24) is 0 Å². The highest BCUT2D eigenvalue weighted by molar-refractivity contribution is 6.34. The Hall–Kier alpha value is -2.11. The van der Waals surface area contributed by atoms with Crippen LogP contribution in [0, 0.1) is 22.0 Å². The molecule has 5 nitrogen and oxygen atoms in total. The van der Waals surface area contributed by atoms with Gasteiger partial charge in [0.05, 0.1) is 28.2 Å². The zero-order chi connectivity index (χ0) is 22.7. The molecule has 2 aliphatic rings. The highest BCUT2D eigenvalue weighted by Gasteiger charge is 2.47. The molecule has 0 spiro atoms. The Balaban J connectivity index is 1.99. The Morgan fingerprint density at radius 2 is 1.50 bits per heavy atom. The van der Waals surface area contributed by atoms with E-state index in [-0.39, 0.29) is 17.5 Å². The third-order valence-corrected chi connectivity index (χ3v) is 7.89. The van der Waals surface area contributed by atoms with Gasteiger partial charge in [-0.15, -0.1) is 0 Å². The van der Waals surface area contributed by atoms with Gasteiger partial charge in [0.15, 0.2) is 0 Å². The summed E-state index contributed by atoms with van der Waals surface area (Å²) in [7, 11) is 1.56. The largest absolute Gasteiger partial charge is 0.496 e. The summed E-state index contributed by atoms with van der Waals surface area (Å²) in [5, 5.41) is 24.9. The summed E-state index contributed by atoms with van der Waals surface area (Å²) >= 11 is 6.59. The Bertz CT molecular complexity index is 946. The van der Waals surface area contributed by atoms with Crippen LogP contribution in [0.1, 0.15) is 69.8 Å². The molecule has 0 amide bonds. The van der Waals surface area contributed by atoms with Crippen LogP contribution in [0.25, 0.3) is 11.1 Å². The summed E-state index contributed by atoms with van der Waals surface area (Å²) in [5.41, 5.74) is 0.477. The zero-order valence-electron chi connectivity index (χ0n) is 18.7. The van der Waals surface area contributed by atoms with Gasteiger partial charge in [0.1, 0.15) is 5.75 Å². The number of benzene rings is 2. The molecule has 4 rings (SSSR count). The number of hydrogen-bond donors (Lipinski definition) is 1. The summed E-state index contributed by atoms with van der Waals surface area (Å²) in [4.78, 5) is 11.5. The van der Waals surface area contributed by atoms with Crippen molar-refractivity contribution in [3.63, 3.8) is 0 Å². The van der Waals surface area contributed by atoms with Crippen LogP contribution in [-0.4, -0.2) is 17.1 Å². The van der Waals surface area contributed by atoms with E-state index in [1.54, 1.807) is 25.3 Å². The summed E-state index contributed by atoms with van der Waals surface area (Å²) in [6, 6.07) is 10.4. The third-order valence-electron chi connectivity index (χ3n) is 7.57. The second-order valence-corrected chi connectivity index (χ2v) is 9.68. The van der Waals surface area contributed by atoms with Gasteiger partial charge in [-0.25, -0.2) is 0 Å². The molecule has 0 saturated heterocycles. The van der Waals surface area contributed by atoms with Crippen LogP contribution in [0.5, 0.6) is 5.75 Å². The van der Waals surface area contributed by atoms with Gasteiger partial charge >= 0.3 is 0 Å². The molecular formula is C26H32ClNO4. The Morgan fingerprint density at radius 3 is 2.03 bits per heavy atom. The van der Waals surface area contributed by atoms with Crippen molar-refractivity contribution in [3.8, 4) is 16.9 Å². The smallest absolute Gasteiger partial charge is 0.278 e. The fraction of sp³-hybridized carbons (Fsp3) is 0.538. The van der Waals surface area contributed by atoms with Gasteiger partial charge in [0.25, 0.3) is 5.69 Å². The van der Waals surface area contributed by atoms with E-state index in [1.807, 2.05) is 12.1 Å². The first-order valence-corrected chi connectivity index (χ1v) is 12.2. The van der Waals surface area contributed by atoms with E-state index < -0.39 is 10.5 Å². The second kappa shape index (κ2) is 9.80. The van der Waals surface area contributed by atoms with Gasteiger partial charge in [0, 0.05) is 11.6 Å². The van der Waals surface area contributed by atoms with Crippen molar-refractivity contribution in [3.05, 3.63) is 57.1 Å². The molecule has 2 saturated carbocycles. The van der Waals surface area contributed by atoms with Crippen molar-refractivity contribution in [2.75, 3.05) is 7.11 Å². The average Bonchev–Trinajstić information content (AvgIpc) is 2.84. The summed E-state index contributed by atoms with van der Waals surface area (Å²) in [6.07, 6.45) is 10.7. The van der Waals surface area contributed by atoms with Crippen LogP contribution in [0.2, 0.25) is 5.02 Å². The third kappa shape index (κ3) is 4.13. The topological polar surface area (TPSA) is 72.6 Å². The molecule has 0 radical (unpaired) electrons. The van der Waals surface area contributed by atoms with E-state index in [9.17, 15) is 15.2 Å². The minimum absolute atomic E-state index is 0.0714. The molecule has 2 aromatic rings. The Labute approximate surface area is 194 Å². The van der Waals surface area contributed by atoms with E-state index in [0.717, 1.165) is 56.9 Å². The maximum Gasteiger partial charge on any atom is 0.278 e. The lowest BCUT2D eigenvalue weighted by Gasteiger charge is -2.47. The van der Waals surface area contributed by atoms with Gasteiger partial charge in [-0.05, 0) is 55.2 Å². The molecule has 172 valence electrons. The minimum atomic E-state index is -1.07. The zero-order valence-corrected chi connectivity index (χ0v) is 19.4. The molecule has 2 aliphatic carbocycles. The lowest BCUT2D eigenvalue weighted by Crippen LogP contribution is -2.44. The summed E-state index contributed by atoms with van der Waals surface area (Å²) < 4.78 is 5.71. The lowest BCUT2D eigenvalue weighted by atomic mass is 9.62. The van der Waals surface area contributed by atoms with Crippen LogP contribution in [-0.2, 0) is 5.60 Å². The van der Waals surface area contributed by atoms with E-state index in [0.29, 0.717) is 21.9 Å². The van der Waals surface area contributed by atoms with E-state index in [2.05, 4.69) is 0 Å². The van der Waals surface area contributed by atoms with Crippen molar-refractivity contribution < 1.29 is 14.8 Å². The van der Waals surface area contributed by atoms with E-state index in [1.165, 1.54) is 18.9 Å². The highest BCUT2D eigenvalue weighted by Crippen LogP contribution is 2.54. The van der Waals surface area contributed by atoms with Crippen molar-refractivity contribution in [2.24, 2.45) is 11.8 Å². The van der Waals surface area contributed by atoms with Crippen molar-refractivity contribution >= 4 is 17.3 Å². The number of ether oxygens (including phenoxy) is 1. The molecule has 0 atom stereocenters.